The van der Waals surface area contributed by atoms with Gasteiger partial charge in [-0.15, -0.1) is 0 Å². The Hall–Kier alpha value is -3.14. The summed E-state index contributed by atoms with van der Waals surface area (Å²) in [5.41, 5.74) is 3.59. The van der Waals surface area contributed by atoms with Crippen molar-refractivity contribution in [2.24, 2.45) is 5.10 Å². The number of H-pyrrole nitrogens is 1. The van der Waals surface area contributed by atoms with Gasteiger partial charge in [0.25, 0.3) is 11.5 Å². The second-order valence-electron chi connectivity index (χ2n) is 4.25. The molecule has 2 rings (SSSR count). The van der Waals surface area contributed by atoms with Crippen LogP contribution in [0.2, 0.25) is 0 Å². The lowest BCUT2D eigenvalue weighted by Gasteiger charge is -1.99. The highest BCUT2D eigenvalue weighted by atomic mass is 16.2. The number of hydrazone groups is 1. The summed E-state index contributed by atoms with van der Waals surface area (Å²) in [4.78, 5) is 23.4. The van der Waals surface area contributed by atoms with Crippen LogP contribution in [-0.2, 0) is 4.79 Å². The van der Waals surface area contributed by atoms with E-state index in [2.05, 4.69) is 15.6 Å². The fourth-order valence-corrected chi connectivity index (χ4v) is 1.75. The van der Waals surface area contributed by atoms with Crippen molar-refractivity contribution in [3.8, 4) is 11.8 Å². The van der Waals surface area contributed by atoms with E-state index in [0.29, 0.717) is 16.9 Å². The summed E-state index contributed by atoms with van der Waals surface area (Å²) < 4.78 is 1.40. The van der Waals surface area contributed by atoms with Gasteiger partial charge < -0.3 is 0 Å². The Labute approximate surface area is 120 Å². The topological polar surface area (TPSA) is 103 Å². The lowest BCUT2D eigenvalue weighted by atomic mass is 10.3. The number of nitriles is 1. The number of amides is 1. The minimum Gasteiger partial charge on any atom is -0.295 e. The van der Waals surface area contributed by atoms with Crippen molar-refractivity contribution < 1.29 is 4.79 Å². The normalized spacial score (nSPS) is 10.5. The molecule has 0 atom stereocenters. The highest BCUT2D eigenvalue weighted by Crippen LogP contribution is 2.05. The first kappa shape index (κ1) is 14.3. The van der Waals surface area contributed by atoms with E-state index in [0.717, 1.165) is 0 Å². The van der Waals surface area contributed by atoms with E-state index in [4.69, 9.17) is 5.26 Å². The number of aryl methyl sites for hydroxylation is 1. The van der Waals surface area contributed by atoms with Crippen LogP contribution in [0.3, 0.4) is 0 Å². The van der Waals surface area contributed by atoms with Gasteiger partial charge in [-0.2, -0.15) is 10.4 Å². The number of hydrogen-bond donors (Lipinski definition) is 2. The van der Waals surface area contributed by atoms with Gasteiger partial charge in [-0.1, -0.05) is 18.2 Å². The third-order valence-corrected chi connectivity index (χ3v) is 2.75. The molecular formula is C14H13N5O2. The Bertz CT molecular complexity index is 765. The molecule has 0 bridgehead atoms. The van der Waals surface area contributed by atoms with Crippen molar-refractivity contribution in [2.45, 2.75) is 13.3 Å². The van der Waals surface area contributed by atoms with E-state index in [-0.39, 0.29) is 12.0 Å². The quantitative estimate of drug-likeness (QED) is 0.641. The second-order valence-corrected chi connectivity index (χ2v) is 4.25. The van der Waals surface area contributed by atoms with Crippen LogP contribution in [0.25, 0.3) is 5.69 Å². The fourth-order valence-electron chi connectivity index (χ4n) is 1.75. The monoisotopic (exact) mass is 283 g/mol. The van der Waals surface area contributed by atoms with Crippen molar-refractivity contribution in [3.05, 3.63) is 51.9 Å². The fraction of sp³-hybridized carbons (Fsp3) is 0.143. The number of para-hydroxylation sites is 1. The number of rotatable bonds is 4. The first-order valence-corrected chi connectivity index (χ1v) is 6.19. The molecule has 0 saturated carbocycles. The number of carbonyl (C=O) groups excluding carboxylic acids is 1. The molecule has 2 aromatic rings. The number of carbonyl (C=O) groups is 1. The van der Waals surface area contributed by atoms with Gasteiger partial charge in [0, 0.05) is 5.69 Å². The Balaban J connectivity index is 2.25. The first-order chi connectivity index (χ1) is 10.1. The molecule has 21 heavy (non-hydrogen) atoms. The lowest BCUT2D eigenvalue weighted by Crippen LogP contribution is -2.19. The summed E-state index contributed by atoms with van der Waals surface area (Å²) in [6.07, 6.45) is 0.987. The minimum atomic E-state index is -0.523. The molecule has 106 valence electrons. The maximum atomic E-state index is 12.3. The van der Waals surface area contributed by atoms with Crippen molar-refractivity contribution in [1.29, 1.82) is 5.26 Å². The number of aromatic amines is 1. The Morgan fingerprint density at radius 1 is 1.48 bits per heavy atom. The predicted molar refractivity (Wildman–Crippen MR) is 77.1 cm³/mol. The predicted octanol–water partition coefficient (Wildman–Crippen LogP) is 0.838. The number of aromatic nitrogens is 2. The van der Waals surface area contributed by atoms with Gasteiger partial charge in [-0.05, 0) is 19.1 Å². The van der Waals surface area contributed by atoms with Crippen LogP contribution >= 0.6 is 0 Å². The molecule has 1 heterocycles. The van der Waals surface area contributed by atoms with E-state index < -0.39 is 5.91 Å². The summed E-state index contributed by atoms with van der Waals surface area (Å²) in [5.74, 6) is -0.523. The minimum absolute atomic E-state index is 0.267. The molecule has 0 aliphatic rings. The van der Waals surface area contributed by atoms with Crippen LogP contribution in [0.1, 0.15) is 17.7 Å². The molecule has 0 aliphatic carbocycles. The van der Waals surface area contributed by atoms with Crippen LogP contribution in [0.15, 0.2) is 40.2 Å². The molecule has 1 amide bonds. The molecule has 7 nitrogen and oxygen atoms in total. The van der Waals surface area contributed by atoms with Gasteiger partial charge in [0.2, 0.25) is 0 Å². The molecule has 1 aromatic carbocycles. The van der Waals surface area contributed by atoms with Gasteiger partial charge >= 0.3 is 0 Å². The van der Waals surface area contributed by atoms with Crippen molar-refractivity contribution >= 4 is 12.1 Å². The lowest BCUT2D eigenvalue weighted by molar-refractivity contribution is -0.120. The maximum absolute atomic E-state index is 12.3. The molecule has 0 saturated heterocycles. The zero-order chi connectivity index (χ0) is 15.2. The van der Waals surface area contributed by atoms with Crippen molar-refractivity contribution in [3.63, 3.8) is 0 Å². The summed E-state index contributed by atoms with van der Waals surface area (Å²) in [7, 11) is 0. The van der Waals surface area contributed by atoms with E-state index in [1.165, 1.54) is 10.9 Å². The molecule has 1 aromatic heterocycles. The molecule has 0 radical (unpaired) electrons. The molecular weight excluding hydrogens is 270 g/mol. The number of hydrogen-bond acceptors (Lipinski definition) is 4. The standard InChI is InChI=1S/C14H13N5O2/c1-10-12(9-16-17-13(20)7-8-15)14(21)19(18-10)11-5-3-2-4-6-11/h2-6,9,18H,7H2,1H3,(H,17,20)/b16-9+. The Morgan fingerprint density at radius 3 is 2.86 bits per heavy atom. The van der Waals surface area contributed by atoms with Gasteiger partial charge in [0.15, 0.2) is 0 Å². The highest BCUT2D eigenvalue weighted by Gasteiger charge is 2.10. The molecule has 0 aliphatic heterocycles. The van der Waals surface area contributed by atoms with E-state index in [1.54, 1.807) is 25.1 Å². The largest absolute Gasteiger partial charge is 0.295 e. The van der Waals surface area contributed by atoms with Crippen molar-refractivity contribution in [2.75, 3.05) is 0 Å². The van der Waals surface area contributed by atoms with Crippen molar-refractivity contribution in [1.82, 2.24) is 15.2 Å². The van der Waals surface area contributed by atoms with Crippen LogP contribution < -0.4 is 11.0 Å². The van der Waals surface area contributed by atoms with E-state index >= 15 is 0 Å². The summed E-state index contributed by atoms with van der Waals surface area (Å²) in [5, 5.41) is 15.0. The molecule has 0 unspecified atom stereocenters. The molecule has 2 N–H and O–H groups in total. The average molecular weight is 283 g/mol. The third-order valence-electron chi connectivity index (χ3n) is 2.75. The number of nitrogens with zero attached hydrogens (tertiary/aromatic N) is 3. The summed E-state index contributed by atoms with van der Waals surface area (Å²) >= 11 is 0. The van der Waals surface area contributed by atoms with E-state index in [9.17, 15) is 9.59 Å². The van der Waals surface area contributed by atoms with Crippen LogP contribution in [-0.4, -0.2) is 21.9 Å². The summed E-state index contributed by atoms with van der Waals surface area (Å²) in [6, 6.07) is 10.8. The van der Waals surface area contributed by atoms with Crippen LogP contribution in [0.5, 0.6) is 0 Å². The first-order valence-electron chi connectivity index (χ1n) is 6.19. The zero-order valence-electron chi connectivity index (χ0n) is 11.3. The van der Waals surface area contributed by atoms with Crippen LogP contribution in [0, 0.1) is 18.3 Å². The third kappa shape index (κ3) is 3.25. The Kier molecular flexibility index (Phi) is 4.31. The number of nitrogens with one attached hydrogen (secondary N) is 2. The second kappa shape index (κ2) is 6.34. The highest BCUT2D eigenvalue weighted by molar-refractivity contribution is 5.83. The zero-order valence-corrected chi connectivity index (χ0v) is 11.3. The molecule has 7 heteroatoms. The molecule has 0 fully saturated rings. The van der Waals surface area contributed by atoms with E-state index in [1.807, 2.05) is 18.2 Å². The number of benzene rings is 1. The smallest absolute Gasteiger partial charge is 0.280 e. The maximum Gasteiger partial charge on any atom is 0.280 e. The molecule has 0 spiro atoms. The van der Waals surface area contributed by atoms with Gasteiger partial charge in [0.1, 0.15) is 6.42 Å². The summed E-state index contributed by atoms with van der Waals surface area (Å²) in [6.45, 7) is 1.74. The van der Waals surface area contributed by atoms with Gasteiger partial charge in [-0.25, -0.2) is 10.1 Å². The Morgan fingerprint density at radius 2 is 2.19 bits per heavy atom. The van der Waals surface area contributed by atoms with Crippen LogP contribution in [0.4, 0.5) is 0 Å². The average Bonchev–Trinajstić information content (AvgIpc) is 2.76. The van der Waals surface area contributed by atoms with Gasteiger partial charge in [0.05, 0.1) is 23.5 Å². The van der Waals surface area contributed by atoms with Gasteiger partial charge in [-0.3, -0.25) is 14.7 Å². The SMILES string of the molecule is Cc1[nH]n(-c2ccccc2)c(=O)c1/C=N/NC(=O)CC#N.